The Morgan fingerprint density at radius 3 is 2.75 bits per heavy atom. The number of para-hydroxylation sites is 2. The first-order valence-corrected chi connectivity index (χ1v) is 8.40. The highest BCUT2D eigenvalue weighted by Gasteiger charge is 2.34. The van der Waals surface area contributed by atoms with Gasteiger partial charge in [0.1, 0.15) is 5.82 Å². The van der Waals surface area contributed by atoms with E-state index in [1.807, 2.05) is 55.3 Å². The minimum atomic E-state index is 0.103. The quantitative estimate of drug-likeness (QED) is 0.706. The van der Waals surface area contributed by atoms with E-state index >= 15 is 0 Å². The number of carbonyl (C=O) groups excluding carboxylic acids is 1. The second-order valence-electron chi connectivity index (χ2n) is 6.36. The number of imidazole rings is 1. The van der Waals surface area contributed by atoms with E-state index in [0.29, 0.717) is 13.0 Å². The Bertz CT molecular complexity index is 947. The van der Waals surface area contributed by atoms with Gasteiger partial charge in [0.05, 0.1) is 11.0 Å². The maximum Gasteiger partial charge on any atom is 0.227 e. The van der Waals surface area contributed by atoms with Crippen molar-refractivity contribution in [2.45, 2.75) is 19.3 Å². The summed E-state index contributed by atoms with van der Waals surface area (Å²) < 4.78 is 2.10. The van der Waals surface area contributed by atoms with E-state index in [-0.39, 0.29) is 11.8 Å². The largest absolute Gasteiger partial charge is 0.331 e. The number of amides is 1. The molecular weight excluding hydrogens is 322 g/mol. The van der Waals surface area contributed by atoms with Crippen LogP contribution in [0.15, 0.2) is 42.5 Å². The third kappa shape index (κ3) is 2.38. The van der Waals surface area contributed by atoms with Crippen LogP contribution in [0.1, 0.15) is 23.7 Å². The van der Waals surface area contributed by atoms with E-state index in [1.54, 1.807) is 0 Å². The number of rotatable bonds is 2. The number of aromatic nitrogens is 2. The van der Waals surface area contributed by atoms with E-state index < -0.39 is 0 Å². The standard InChI is InChI=1S/C19H18ClN3O/c1-12-9-14(7-8-15(12)20)23-11-13(10-18(23)24)19-21-16-5-3-4-6-17(16)22(19)2/h3-9,13H,10-11H2,1-2H3/t13-/m0/s1. The van der Waals surface area contributed by atoms with Gasteiger partial charge in [0.15, 0.2) is 0 Å². The SMILES string of the molecule is Cc1cc(N2C[C@@H](c3nc4ccccc4n3C)CC2=O)ccc1Cl. The van der Waals surface area contributed by atoms with Crippen LogP contribution in [0.3, 0.4) is 0 Å². The number of benzene rings is 2. The molecule has 4 rings (SSSR count). The van der Waals surface area contributed by atoms with Crippen molar-refractivity contribution in [3.63, 3.8) is 0 Å². The van der Waals surface area contributed by atoms with Gasteiger partial charge in [-0.2, -0.15) is 0 Å². The van der Waals surface area contributed by atoms with Crippen LogP contribution in [0.2, 0.25) is 5.02 Å². The average molecular weight is 340 g/mol. The molecule has 1 aliphatic heterocycles. The molecule has 122 valence electrons. The fourth-order valence-corrected chi connectivity index (χ4v) is 3.57. The molecule has 1 fully saturated rings. The zero-order chi connectivity index (χ0) is 16.8. The first kappa shape index (κ1) is 15.2. The maximum absolute atomic E-state index is 12.5. The lowest BCUT2D eigenvalue weighted by atomic mass is 10.1. The van der Waals surface area contributed by atoms with Crippen LogP contribution in [0, 0.1) is 6.92 Å². The minimum Gasteiger partial charge on any atom is -0.331 e. The fraction of sp³-hybridized carbons (Fsp3) is 0.263. The van der Waals surface area contributed by atoms with Gasteiger partial charge in [-0.1, -0.05) is 23.7 Å². The Morgan fingerprint density at radius 2 is 2.00 bits per heavy atom. The predicted octanol–water partition coefficient (Wildman–Crippen LogP) is 4.06. The van der Waals surface area contributed by atoms with Gasteiger partial charge in [-0.3, -0.25) is 4.79 Å². The predicted molar refractivity (Wildman–Crippen MR) is 96.6 cm³/mol. The van der Waals surface area contributed by atoms with E-state index in [4.69, 9.17) is 16.6 Å². The maximum atomic E-state index is 12.5. The van der Waals surface area contributed by atoms with Crippen LogP contribution in [-0.2, 0) is 11.8 Å². The minimum absolute atomic E-state index is 0.103. The molecule has 0 aliphatic carbocycles. The van der Waals surface area contributed by atoms with Gasteiger partial charge in [-0.15, -0.1) is 0 Å². The number of anilines is 1. The molecule has 1 atom stereocenters. The first-order valence-electron chi connectivity index (χ1n) is 8.02. The van der Waals surface area contributed by atoms with Crippen molar-refractivity contribution in [3.05, 3.63) is 58.9 Å². The molecule has 4 nitrogen and oxygen atoms in total. The lowest BCUT2D eigenvalue weighted by Crippen LogP contribution is -2.24. The van der Waals surface area contributed by atoms with Crippen LogP contribution < -0.4 is 4.90 Å². The molecule has 1 aliphatic rings. The second kappa shape index (κ2) is 5.64. The molecule has 0 bridgehead atoms. The number of fused-ring (bicyclic) bond motifs is 1. The molecule has 1 saturated heterocycles. The van der Waals surface area contributed by atoms with Crippen molar-refractivity contribution < 1.29 is 4.79 Å². The topological polar surface area (TPSA) is 38.1 Å². The van der Waals surface area contributed by atoms with Gasteiger partial charge in [0, 0.05) is 36.6 Å². The molecule has 0 saturated carbocycles. The summed E-state index contributed by atoms with van der Waals surface area (Å²) in [6.07, 6.45) is 0.485. The summed E-state index contributed by atoms with van der Waals surface area (Å²) in [5.74, 6) is 1.21. The highest BCUT2D eigenvalue weighted by atomic mass is 35.5. The van der Waals surface area contributed by atoms with Gasteiger partial charge >= 0.3 is 0 Å². The smallest absolute Gasteiger partial charge is 0.227 e. The number of nitrogens with zero attached hydrogens (tertiary/aromatic N) is 3. The number of aryl methyl sites for hydroxylation is 2. The average Bonchev–Trinajstić information content (AvgIpc) is 3.11. The molecule has 5 heteroatoms. The summed E-state index contributed by atoms with van der Waals surface area (Å²) in [6.45, 7) is 2.60. The van der Waals surface area contributed by atoms with Gasteiger partial charge in [0.25, 0.3) is 0 Å². The molecule has 24 heavy (non-hydrogen) atoms. The molecule has 0 unspecified atom stereocenters. The van der Waals surface area contributed by atoms with Crippen LogP contribution in [0.25, 0.3) is 11.0 Å². The Hall–Kier alpha value is -2.33. The Balaban J connectivity index is 1.68. The Labute approximate surface area is 145 Å². The monoisotopic (exact) mass is 339 g/mol. The molecule has 0 spiro atoms. The van der Waals surface area contributed by atoms with Gasteiger partial charge in [-0.25, -0.2) is 4.98 Å². The third-order valence-electron chi connectivity index (χ3n) is 4.77. The normalized spacial score (nSPS) is 17.9. The van der Waals surface area contributed by atoms with Crippen LogP contribution >= 0.6 is 11.6 Å². The van der Waals surface area contributed by atoms with Crippen molar-refractivity contribution >= 4 is 34.2 Å². The highest BCUT2D eigenvalue weighted by molar-refractivity contribution is 6.31. The highest BCUT2D eigenvalue weighted by Crippen LogP contribution is 2.33. The van der Waals surface area contributed by atoms with Crippen molar-refractivity contribution in [2.75, 3.05) is 11.4 Å². The lowest BCUT2D eigenvalue weighted by Gasteiger charge is -2.17. The molecule has 1 aromatic heterocycles. The number of carbonyl (C=O) groups is 1. The Morgan fingerprint density at radius 1 is 1.21 bits per heavy atom. The molecule has 2 aromatic carbocycles. The molecule has 0 N–H and O–H groups in total. The van der Waals surface area contributed by atoms with E-state index in [9.17, 15) is 4.79 Å². The van der Waals surface area contributed by atoms with Crippen molar-refractivity contribution in [1.82, 2.24) is 9.55 Å². The molecule has 3 aromatic rings. The molecule has 0 radical (unpaired) electrons. The summed E-state index contributed by atoms with van der Waals surface area (Å²) in [5.41, 5.74) is 3.96. The summed E-state index contributed by atoms with van der Waals surface area (Å²) in [5, 5.41) is 0.720. The summed E-state index contributed by atoms with van der Waals surface area (Å²) in [7, 11) is 2.02. The lowest BCUT2D eigenvalue weighted by molar-refractivity contribution is -0.117. The van der Waals surface area contributed by atoms with Gasteiger partial charge in [-0.05, 0) is 42.8 Å². The number of hydrogen-bond acceptors (Lipinski definition) is 2. The van der Waals surface area contributed by atoms with E-state index in [1.165, 1.54) is 0 Å². The van der Waals surface area contributed by atoms with Crippen molar-refractivity contribution in [2.24, 2.45) is 7.05 Å². The molecule has 1 amide bonds. The van der Waals surface area contributed by atoms with E-state index in [2.05, 4.69) is 10.6 Å². The van der Waals surface area contributed by atoms with Crippen molar-refractivity contribution in [1.29, 1.82) is 0 Å². The van der Waals surface area contributed by atoms with Crippen molar-refractivity contribution in [3.8, 4) is 0 Å². The fourth-order valence-electron chi connectivity index (χ4n) is 3.46. The summed E-state index contributed by atoms with van der Waals surface area (Å²) >= 11 is 6.10. The number of hydrogen-bond donors (Lipinski definition) is 0. The van der Waals surface area contributed by atoms with Gasteiger partial charge < -0.3 is 9.47 Å². The van der Waals surface area contributed by atoms with Crippen LogP contribution in [-0.4, -0.2) is 22.0 Å². The van der Waals surface area contributed by atoms with Crippen LogP contribution in [0.4, 0.5) is 5.69 Å². The third-order valence-corrected chi connectivity index (χ3v) is 5.19. The molecular formula is C19H18ClN3O. The number of halogens is 1. The van der Waals surface area contributed by atoms with Crippen LogP contribution in [0.5, 0.6) is 0 Å². The summed E-state index contributed by atoms with van der Waals surface area (Å²) in [4.78, 5) is 19.1. The zero-order valence-electron chi connectivity index (χ0n) is 13.7. The first-order chi connectivity index (χ1) is 11.5. The zero-order valence-corrected chi connectivity index (χ0v) is 14.4. The Kier molecular flexibility index (Phi) is 3.57. The molecule has 2 heterocycles. The second-order valence-corrected chi connectivity index (χ2v) is 6.76. The van der Waals surface area contributed by atoms with E-state index in [0.717, 1.165) is 33.1 Å². The summed E-state index contributed by atoms with van der Waals surface area (Å²) in [6, 6.07) is 13.8. The van der Waals surface area contributed by atoms with Gasteiger partial charge in [0.2, 0.25) is 5.91 Å².